The normalized spacial score (nSPS) is 10.9. The van der Waals surface area contributed by atoms with Crippen molar-refractivity contribution in [1.82, 2.24) is 4.98 Å². The first kappa shape index (κ1) is 14.2. The fourth-order valence-corrected chi connectivity index (χ4v) is 2.36. The smallest absolute Gasteiger partial charge is 0.150 e. The SMILES string of the molecule is CCCNc1cc(COC)nc2c(F)cc(Br)cc12. The molecule has 1 aromatic carbocycles. The Morgan fingerprint density at radius 3 is 2.84 bits per heavy atom. The summed E-state index contributed by atoms with van der Waals surface area (Å²) in [6, 6.07) is 5.21. The second kappa shape index (κ2) is 6.30. The van der Waals surface area contributed by atoms with Crippen LogP contribution in [0.1, 0.15) is 19.0 Å². The number of halogens is 2. The number of anilines is 1. The van der Waals surface area contributed by atoms with Crippen LogP contribution in [0, 0.1) is 5.82 Å². The van der Waals surface area contributed by atoms with Crippen molar-refractivity contribution in [2.45, 2.75) is 20.0 Å². The first-order chi connectivity index (χ1) is 9.15. The third-order valence-corrected chi connectivity index (χ3v) is 3.20. The lowest BCUT2D eigenvalue weighted by Crippen LogP contribution is -2.04. The Morgan fingerprint density at radius 1 is 1.37 bits per heavy atom. The highest BCUT2D eigenvalue weighted by Gasteiger charge is 2.11. The van der Waals surface area contributed by atoms with E-state index in [0.29, 0.717) is 16.6 Å². The van der Waals surface area contributed by atoms with Crippen molar-refractivity contribution >= 4 is 32.5 Å². The van der Waals surface area contributed by atoms with Crippen molar-refractivity contribution in [3.05, 3.63) is 34.2 Å². The van der Waals surface area contributed by atoms with Crippen molar-refractivity contribution in [3.63, 3.8) is 0 Å². The number of benzene rings is 1. The van der Waals surface area contributed by atoms with Gasteiger partial charge in [0.05, 0.1) is 12.3 Å². The molecular formula is C14H16BrFN2O. The standard InChI is InChI=1S/C14H16BrFN2O/c1-3-4-17-13-7-10(8-19-2)18-14-11(13)5-9(15)6-12(14)16/h5-7H,3-4,8H2,1-2H3,(H,17,18). The summed E-state index contributed by atoms with van der Waals surface area (Å²) in [6.07, 6.45) is 1.000. The van der Waals surface area contributed by atoms with Crippen molar-refractivity contribution < 1.29 is 9.13 Å². The van der Waals surface area contributed by atoms with Gasteiger partial charge < -0.3 is 10.1 Å². The summed E-state index contributed by atoms with van der Waals surface area (Å²) in [4.78, 5) is 4.31. The van der Waals surface area contributed by atoms with Crippen LogP contribution in [-0.2, 0) is 11.3 Å². The molecule has 102 valence electrons. The summed E-state index contributed by atoms with van der Waals surface area (Å²) in [5, 5.41) is 4.09. The van der Waals surface area contributed by atoms with E-state index in [4.69, 9.17) is 4.74 Å². The summed E-state index contributed by atoms with van der Waals surface area (Å²) in [5.41, 5.74) is 1.98. The Balaban J connectivity index is 2.60. The Labute approximate surface area is 120 Å². The zero-order valence-corrected chi connectivity index (χ0v) is 12.6. The molecule has 0 spiro atoms. The molecule has 0 unspecified atom stereocenters. The van der Waals surface area contributed by atoms with Gasteiger partial charge in [-0.1, -0.05) is 22.9 Å². The van der Waals surface area contributed by atoms with Gasteiger partial charge in [-0.05, 0) is 24.6 Å². The number of fused-ring (bicyclic) bond motifs is 1. The zero-order chi connectivity index (χ0) is 13.8. The quantitative estimate of drug-likeness (QED) is 0.898. The number of methoxy groups -OCH3 is 1. The molecule has 2 aromatic rings. The topological polar surface area (TPSA) is 34.1 Å². The molecule has 0 radical (unpaired) electrons. The van der Waals surface area contributed by atoms with E-state index in [-0.39, 0.29) is 5.82 Å². The molecule has 1 aromatic heterocycles. The Kier molecular flexibility index (Phi) is 4.71. The molecule has 2 rings (SSSR count). The van der Waals surface area contributed by atoms with Gasteiger partial charge in [0.15, 0.2) is 5.82 Å². The molecule has 0 amide bonds. The fourth-order valence-electron chi connectivity index (χ4n) is 1.93. The minimum Gasteiger partial charge on any atom is -0.384 e. The van der Waals surface area contributed by atoms with Crippen molar-refractivity contribution in [2.75, 3.05) is 19.0 Å². The van der Waals surface area contributed by atoms with Crippen molar-refractivity contribution in [1.29, 1.82) is 0 Å². The number of nitrogens with one attached hydrogen (secondary N) is 1. The lowest BCUT2D eigenvalue weighted by Gasteiger charge is -2.12. The second-order valence-electron chi connectivity index (χ2n) is 4.30. The lowest BCUT2D eigenvalue weighted by atomic mass is 10.1. The Hall–Kier alpha value is -1.20. The lowest BCUT2D eigenvalue weighted by molar-refractivity contribution is 0.182. The molecule has 0 saturated heterocycles. The predicted molar refractivity (Wildman–Crippen MR) is 78.9 cm³/mol. The molecule has 0 fully saturated rings. The molecule has 1 N–H and O–H groups in total. The number of nitrogens with zero attached hydrogens (tertiary/aromatic N) is 1. The molecule has 0 aliphatic rings. The maximum Gasteiger partial charge on any atom is 0.150 e. The van der Waals surface area contributed by atoms with E-state index < -0.39 is 0 Å². The van der Waals surface area contributed by atoms with Crippen LogP contribution < -0.4 is 5.32 Å². The molecule has 19 heavy (non-hydrogen) atoms. The highest BCUT2D eigenvalue weighted by molar-refractivity contribution is 9.10. The molecule has 0 saturated carbocycles. The summed E-state index contributed by atoms with van der Waals surface area (Å²) in [5.74, 6) is -0.332. The van der Waals surface area contributed by atoms with Crippen LogP contribution in [0.15, 0.2) is 22.7 Å². The highest BCUT2D eigenvalue weighted by Crippen LogP contribution is 2.29. The van der Waals surface area contributed by atoms with Gasteiger partial charge >= 0.3 is 0 Å². The summed E-state index contributed by atoms with van der Waals surface area (Å²) >= 11 is 3.31. The second-order valence-corrected chi connectivity index (χ2v) is 5.22. The number of ether oxygens (including phenoxy) is 1. The molecule has 0 aliphatic heterocycles. The molecule has 0 bridgehead atoms. The van der Waals surface area contributed by atoms with E-state index in [2.05, 4.69) is 33.2 Å². The molecule has 0 aliphatic carbocycles. The van der Waals surface area contributed by atoms with Crippen LogP contribution in [0.25, 0.3) is 10.9 Å². The van der Waals surface area contributed by atoms with Crippen LogP contribution in [-0.4, -0.2) is 18.6 Å². The molecular weight excluding hydrogens is 311 g/mol. The molecule has 5 heteroatoms. The van der Waals surface area contributed by atoms with Crippen LogP contribution >= 0.6 is 15.9 Å². The van der Waals surface area contributed by atoms with E-state index in [9.17, 15) is 4.39 Å². The number of hydrogen-bond donors (Lipinski definition) is 1. The fraction of sp³-hybridized carbons (Fsp3) is 0.357. The highest BCUT2D eigenvalue weighted by atomic mass is 79.9. The predicted octanol–water partition coefficient (Wildman–Crippen LogP) is 4.10. The van der Waals surface area contributed by atoms with Crippen LogP contribution in [0.3, 0.4) is 0 Å². The van der Waals surface area contributed by atoms with E-state index in [0.717, 1.165) is 29.7 Å². The van der Waals surface area contributed by atoms with E-state index in [1.165, 1.54) is 6.07 Å². The van der Waals surface area contributed by atoms with Gasteiger partial charge in [0.2, 0.25) is 0 Å². The Bertz CT molecular complexity index is 589. The summed E-state index contributed by atoms with van der Waals surface area (Å²) in [6.45, 7) is 3.29. The average molecular weight is 327 g/mol. The molecule has 3 nitrogen and oxygen atoms in total. The molecule has 1 heterocycles. The van der Waals surface area contributed by atoms with Crippen LogP contribution in [0.5, 0.6) is 0 Å². The first-order valence-corrected chi connectivity index (χ1v) is 6.96. The van der Waals surface area contributed by atoms with Crippen LogP contribution in [0.2, 0.25) is 0 Å². The van der Waals surface area contributed by atoms with Crippen molar-refractivity contribution in [2.24, 2.45) is 0 Å². The number of aromatic nitrogens is 1. The van der Waals surface area contributed by atoms with Gasteiger partial charge in [-0.25, -0.2) is 9.37 Å². The maximum atomic E-state index is 14.0. The van der Waals surface area contributed by atoms with Gasteiger partial charge in [-0.15, -0.1) is 0 Å². The van der Waals surface area contributed by atoms with E-state index in [1.54, 1.807) is 7.11 Å². The number of hydrogen-bond acceptors (Lipinski definition) is 3. The Morgan fingerprint density at radius 2 is 2.16 bits per heavy atom. The van der Waals surface area contributed by atoms with Gasteiger partial charge in [0.1, 0.15) is 5.52 Å². The minimum atomic E-state index is -0.332. The van der Waals surface area contributed by atoms with Gasteiger partial charge in [0, 0.05) is 29.2 Å². The summed E-state index contributed by atoms with van der Waals surface area (Å²) in [7, 11) is 1.60. The first-order valence-electron chi connectivity index (χ1n) is 6.17. The molecule has 0 atom stereocenters. The van der Waals surface area contributed by atoms with Gasteiger partial charge in [-0.2, -0.15) is 0 Å². The monoisotopic (exact) mass is 326 g/mol. The average Bonchev–Trinajstić information content (AvgIpc) is 2.37. The summed E-state index contributed by atoms with van der Waals surface area (Å²) < 4.78 is 19.8. The van der Waals surface area contributed by atoms with E-state index in [1.807, 2.05) is 12.1 Å². The number of rotatable bonds is 5. The van der Waals surface area contributed by atoms with Crippen molar-refractivity contribution in [3.8, 4) is 0 Å². The third-order valence-electron chi connectivity index (χ3n) is 2.74. The number of pyridine rings is 1. The maximum absolute atomic E-state index is 14.0. The van der Waals surface area contributed by atoms with Gasteiger partial charge in [0.25, 0.3) is 0 Å². The van der Waals surface area contributed by atoms with E-state index >= 15 is 0 Å². The van der Waals surface area contributed by atoms with Crippen LogP contribution in [0.4, 0.5) is 10.1 Å². The van der Waals surface area contributed by atoms with Gasteiger partial charge in [-0.3, -0.25) is 0 Å². The zero-order valence-electron chi connectivity index (χ0n) is 11.0. The third kappa shape index (κ3) is 3.22. The largest absolute Gasteiger partial charge is 0.384 e. The minimum absolute atomic E-state index is 0.332.